The molecule has 6 heteroatoms. The summed E-state index contributed by atoms with van der Waals surface area (Å²) in [6.07, 6.45) is 3.72. The molecular formula is C27H25N5O. The van der Waals surface area contributed by atoms with Crippen molar-refractivity contribution in [1.29, 1.82) is 0 Å². The molecule has 33 heavy (non-hydrogen) atoms. The Hall–Kier alpha value is -3.90. The third kappa shape index (κ3) is 3.58. The third-order valence-electron chi connectivity index (χ3n) is 6.57. The topological polar surface area (TPSA) is 57.4 Å². The van der Waals surface area contributed by atoms with Gasteiger partial charge in [0.05, 0.1) is 17.2 Å². The lowest BCUT2D eigenvalue weighted by Crippen LogP contribution is -2.44. The van der Waals surface area contributed by atoms with Gasteiger partial charge in [-0.2, -0.15) is 0 Å². The number of imidazole rings is 1. The zero-order valence-corrected chi connectivity index (χ0v) is 18.5. The van der Waals surface area contributed by atoms with Gasteiger partial charge in [0.15, 0.2) is 0 Å². The molecule has 164 valence electrons. The van der Waals surface area contributed by atoms with Gasteiger partial charge in [0.2, 0.25) is 0 Å². The van der Waals surface area contributed by atoms with Crippen molar-refractivity contribution < 1.29 is 5.11 Å². The molecule has 0 amide bonds. The first kappa shape index (κ1) is 19.8. The minimum absolute atomic E-state index is 0.265. The number of aromatic nitrogens is 3. The summed E-state index contributed by atoms with van der Waals surface area (Å²) in [5.41, 5.74) is 7.32. The van der Waals surface area contributed by atoms with E-state index in [0.29, 0.717) is 0 Å². The zero-order chi connectivity index (χ0) is 22.4. The van der Waals surface area contributed by atoms with E-state index >= 15 is 0 Å². The predicted molar refractivity (Wildman–Crippen MR) is 133 cm³/mol. The average molecular weight is 436 g/mol. The summed E-state index contributed by atoms with van der Waals surface area (Å²) >= 11 is 0. The van der Waals surface area contributed by atoms with Gasteiger partial charge in [-0.25, -0.2) is 4.98 Å². The number of nitrogens with zero attached hydrogens (tertiary/aromatic N) is 5. The quantitative estimate of drug-likeness (QED) is 0.445. The van der Waals surface area contributed by atoms with Gasteiger partial charge in [0, 0.05) is 42.9 Å². The molecule has 3 heterocycles. The third-order valence-corrected chi connectivity index (χ3v) is 6.57. The molecule has 6 rings (SSSR count). The number of hydrogen-bond donors (Lipinski definition) is 1. The summed E-state index contributed by atoms with van der Waals surface area (Å²) in [6.45, 7) is 4.30. The van der Waals surface area contributed by atoms with Gasteiger partial charge in [-0.3, -0.25) is 9.55 Å². The molecule has 0 radical (unpaired) electrons. The molecule has 3 aromatic carbocycles. The maximum Gasteiger partial charge on any atom is 0.115 e. The van der Waals surface area contributed by atoms with Crippen LogP contribution in [0.1, 0.15) is 0 Å². The van der Waals surface area contributed by atoms with Crippen molar-refractivity contribution in [1.82, 2.24) is 19.4 Å². The molecule has 1 aliphatic heterocycles. The van der Waals surface area contributed by atoms with E-state index in [1.54, 1.807) is 12.1 Å². The van der Waals surface area contributed by atoms with Crippen LogP contribution in [0.25, 0.3) is 38.8 Å². The van der Waals surface area contributed by atoms with Gasteiger partial charge in [-0.1, -0.05) is 18.2 Å². The van der Waals surface area contributed by atoms with Crippen molar-refractivity contribution in [2.24, 2.45) is 0 Å². The molecule has 0 bridgehead atoms. The van der Waals surface area contributed by atoms with E-state index < -0.39 is 0 Å². The Labute approximate surface area is 192 Å². The van der Waals surface area contributed by atoms with Gasteiger partial charge >= 0.3 is 0 Å². The molecule has 0 spiro atoms. The number of fused-ring (bicyclic) bond motifs is 3. The smallest absolute Gasteiger partial charge is 0.115 e. The minimum atomic E-state index is 0.265. The van der Waals surface area contributed by atoms with Crippen LogP contribution in [0.3, 0.4) is 0 Å². The Kier molecular flexibility index (Phi) is 4.73. The molecule has 1 aliphatic rings. The second-order valence-corrected chi connectivity index (χ2v) is 8.69. The summed E-state index contributed by atoms with van der Waals surface area (Å²) in [7, 11) is 2.18. The van der Waals surface area contributed by atoms with E-state index in [4.69, 9.17) is 0 Å². The maximum absolute atomic E-state index is 9.64. The van der Waals surface area contributed by atoms with Gasteiger partial charge < -0.3 is 14.9 Å². The highest BCUT2D eigenvalue weighted by atomic mass is 16.3. The second-order valence-electron chi connectivity index (χ2n) is 8.69. The van der Waals surface area contributed by atoms with Crippen LogP contribution in [-0.4, -0.2) is 57.8 Å². The second kappa shape index (κ2) is 7.90. The highest BCUT2D eigenvalue weighted by Gasteiger charge is 2.15. The van der Waals surface area contributed by atoms with E-state index in [0.717, 1.165) is 64.9 Å². The van der Waals surface area contributed by atoms with E-state index in [-0.39, 0.29) is 5.75 Å². The van der Waals surface area contributed by atoms with Gasteiger partial charge in [0.1, 0.15) is 17.6 Å². The molecule has 2 aromatic heterocycles. The summed E-state index contributed by atoms with van der Waals surface area (Å²) in [6, 6.07) is 22.3. The van der Waals surface area contributed by atoms with Crippen LogP contribution >= 0.6 is 0 Å². The first-order chi connectivity index (χ1) is 16.2. The zero-order valence-electron chi connectivity index (χ0n) is 18.5. The molecule has 6 nitrogen and oxygen atoms in total. The summed E-state index contributed by atoms with van der Waals surface area (Å²) in [5.74, 6) is 0.265. The van der Waals surface area contributed by atoms with Crippen LogP contribution in [0.15, 0.2) is 79.3 Å². The van der Waals surface area contributed by atoms with Gasteiger partial charge in [0.25, 0.3) is 0 Å². The van der Waals surface area contributed by atoms with Crippen LogP contribution < -0.4 is 4.90 Å². The fourth-order valence-corrected chi connectivity index (χ4v) is 4.61. The van der Waals surface area contributed by atoms with Crippen LogP contribution in [0, 0.1) is 0 Å². The lowest BCUT2D eigenvalue weighted by Gasteiger charge is -2.34. The first-order valence-electron chi connectivity index (χ1n) is 11.2. The number of rotatable bonds is 3. The highest BCUT2D eigenvalue weighted by Crippen LogP contribution is 2.31. The predicted octanol–water partition coefficient (Wildman–Crippen LogP) is 4.70. The Morgan fingerprint density at radius 3 is 2.18 bits per heavy atom. The number of phenolic OH excluding ortho intramolecular Hbond substituents is 1. The number of benzene rings is 3. The molecule has 5 aromatic rings. The van der Waals surface area contributed by atoms with Gasteiger partial charge in [-0.15, -0.1) is 0 Å². The van der Waals surface area contributed by atoms with Crippen LogP contribution in [0.4, 0.5) is 5.69 Å². The van der Waals surface area contributed by atoms with Crippen LogP contribution in [0.2, 0.25) is 0 Å². The standard InChI is InChI=1S/C27H25N5O/c1-30-12-14-31(15-13-30)21-5-7-22(8-6-21)32-18-29-26-17-28-25-11-4-20(16-24(25)27(26)32)19-2-9-23(33)10-3-19/h2-11,16-18,33H,12-15H2,1H3. The molecule has 0 atom stereocenters. The van der Waals surface area contributed by atoms with Crippen LogP contribution in [-0.2, 0) is 0 Å². The average Bonchev–Trinajstić information content (AvgIpc) is 3.30. The molecule has 1 N–H and O–H groups in total. The molecule has 0 aliphatic carbocycles. The van der Waals surface area contributed by atoms with Crippen molar-refractivity contribution in [3.05, 3.63) is 79.3 Å². The lowest BCUT2D eigenvalue weighted by atomic mass is 10.0. The first-order valence-corrected chi connectivity index (χ1v) is 11.2. The number of piperazine rings is 1. The normalized spacial score (nSPS) is 14.9. The summed E-state index contributed by atoms with van der Waals surface area (Å²) < 4.78 is 2.15. The number of aromatic hydroxyl groups is 1. The fraction of sp³-hybridized carbons (Fsp3) is 0.185. The number of likely N-dealkylation sites (N-methyl/N-ethyl adjacent to an activating group) is 1. The monoisotopic (exact) mass is 435 g/mol. The fourth-order valence-electron chi connectivity index (χ4n) is 4.61. The number of phenols is 1. The van der Waals surface area contributed by atoms with Crippen molar-refractivity contribution in [2.75, 3.05) is 38.1 Å². The Morgan fingerprint density at radius 1 is 0.727 bits per heavy atom. The van der Waals surface area contributed by atoms with E-state index in [1.807, 2.05) is 30.7 Å². The molecule has 0 unspecified atom stereocenters. The Morgan fingerprint density at radius 2 is 1.42 bits per heavy atom. The Bertz CT molecular complexity index is 1430. The summed E-state index contributed by atoms with van der Waals surface area (Å²) in [4.78, 5) is 14.1. The highest BCUT2D eigenvalue weighted by molar-refractivity contribution is 6.04. The van der Waals surface area contributed by atoms with Crippen molar-refractivity contribution in [3.63, 3.8) is 0 Å². The molecule has 1 fully saturated rings. The molecule has 0 saturated carbocycles. The molecule has 1 saturated heterocycles. The summed E-state index contributed by atoms with van der Waals surface area (Å²) in [5, 5.41) is 10.7. The minimum Gasteiger partial charge on any atom is -0.508 e. The number of hydrogen-bond acceptors (Lipinski definition) is 5. The SMILES string of the molecule is CN1CCN(c2ccc(-n3cnc4cnc5ccc(-c6ccc(O)cc6)cc5c43)cc2)CC1. The Balaban J connectivity index is 1.42. The van der Waals surface area contributed by atoms with Crippen molar-refractivity contribution in [3.8, 4) is 22.6 Å². The molecular weight excluding hydrogens is 410 g/mol. The van der Waals surface area contributed by atoms with E-state index in [1.165, 1.54) is 5.69 Å². The number of anilines is 1. The lowest BCUT2D eigenvalue weighted by molar-refractivity contribution is 0.313. The maximum atomic E-state index is 9.64. The van der Waals surface area contributed by atoms with E-state index in [2.05, 4.69) is 67.8 Å². The van der Waals surface area contributed by atoms with Crippen LogP contribution in [0.5, 0.6) is 5.75 Å². The van der Waals surface area contributed by atoms with E-state index in [9.17, 15) is 5.11 Å². The van der Waals surface area contributed by atoms with Crippen molar-refractivity contribution in [2.45, 2.75) is 0 Å². The van der Waals surface area contributed by atoms with Gasteiger partial charge in [-0.05, 0) is 66.7 Å². The largest absolute Gasteiger partial charge is 0.508 e. The number of pyridine rings is 1. The van der Waals surface area contributed by atoms with Crippen molar-refractivity contribution >= 4 is 27.6 Å².